The Balaban J connectivity index is 2.44. The Hall–Kier alpha value is -1.06. The fourth-order valence-electron chi connectivity index (χ4n) is 1.91. The van der Waals surface area contributed by atoms with Gasteiger partial charge in [0.1, 0.15) is 5.75 Å². The van der Waals surface area contributed by atoms with Crippen molar-refractivity contribution < 1.29 is 9.47 Å². The van der Waals surface area contributed by atoms with Crippen LogP contribution in [0.4, 0.5) is 0 Å². The molecule has 0 aliphatic carbocycles. The van der Waals surface area contributed by atoms with E-state index >= 15 is 0 Å². The summed E-state index contributed by atoms with van der Waals surface area (Å²) < 4.78 is 10.8. The van der Waals surface area contributed by atoms with Gasteiger partial charge in [0.2, 0.25) is 0 Å². The number of benzene rings is 1. The molecule has 3 heteroatoms. The van der Waals surface area contributed by atoms with Crippen LogP contribution in [-0.4, -0.2) is 13.7 Å². The molecule has 0 amide bonds. The zero-order valence-electron chi connectivity index (χ0n) is 9.25. The quantitative estimate of drug-likeness (QED) is 0.821. The minimum atomic E-state index is 0.325. The van der Waals surface area contributed by atoms with Gasteiger partial charge < -0.3 is 15.2 Å². The Morgan fingerprint density at radius 2 is 2.07 bits per heavy atom. The van der Waals surface area contributed by atoms with Crippen LogP contribution in [0.3, 0.4) is 0 Å². The highest BCUT2D eigenvalue weighted by molar-refractivity contribution is 5.45. The third-order valence-electron chi connectivity index (χ3n) is 2.95. The maximum atomic E-state index is 5.69. The van der Waals surface area contributed by atoms with Crippen LogP contribution in [0.5, 0.6) is 5.75 Å². The van der Waals surface area contributed by atoms with E-state index in [9.17, 15) is 0 Å². The Kier molecular flexibility index (Phi) is 2.93. The van der Waals surface area contributed by atoms with Crippen molar-refractivity contribution in [1.29, 1.82) is 0 Å². The van der Waals surface area contributed by atoms with Crippen molar-refractivity contribution in [3.63, 3.8) is 0 Å². The maximum Gasteiger partial charge on any atom is 0.122 e. The molecule has 2 N–H and O–H groups in total. The summed E-state index contributed by atoms with van der Waals surface area (Å²) in [5, 5.41) is 0. The number of nitrogens with two attached hydrogens (primary N) is 1. The standard InChI is InChI=1S/C12H17NO2/c1-8(5-13)11-3-9-6-15-7-10(9)4-12(11)14-2/h3-4,8H,5-7,13H2,1-2H3. The molecule has 15 heavy (non-hydrogen) atoms. The van der Waals surface area contributed by atoms with Crippen molar-refractivity contribution in [3.05, 3.63) is 28.8 Å². The minimum absolute atomic E-state index is 0.325. The van der Waals surface area contributed by atoms with Crippen LogP contribution in [0.25, 0.3) is 0 Å². The molecule has 0 saturated heterocycles. The van der Waals surface area contributed by atoms with Crippen LogP contribution in [0.15, 0.2) is 12.1 Å². The molecule has 1 aliphatic heterocycles. The molecule has 82 valence electrons. The Labute approximate surface area is 90.2 Å². The highest BCUT2D eigenvalue weighted by atomic mass is 16.5. The van der Waals surface area contributed by atoms with Crippen LogP contribution >= 0.6 is 0 Å². The van der Waals surface area contributed by atoms with Gasteiger partial charge in [-0.15, -0.1) is 0 Å². The van der Waals surface area contributed by atoms with Gasteiger partial charge in [-0.3, -0.25) is 0 Å². The molecule has 0 spiro atoms. The van der Waals surface area contributed by atoms with Gasteiger partial charge in [-0.1, -0.05) is 6.92 Å². The van der Waals surface area contributed by atoms with Gasteiger partial charge in [-0.05, 0) is 41.3 Å². The Morgan fingerprint density at radius 3 is 2.67 bits per heavy atom. The lowest BCUT2D eigenvalue weighted by molar-refractivity contribution is 0.134. The number of hydrogen-bond acceptors (Lipinski definition) is 3. The van der Waals surface area contributed by atoms with Gasteiger partial charge in [0.05, 0.1) is 20.3 Å². The smallest absolute Gasteiger partial charge is 0.122 e. The molecule has 1 aromatic carbocycles. The van der Waals surface area contributed by atoms with Gasteiger partial charge in [-0.2, -0.15) is 0 Å². The summed E-state index contributed by atoms with van der Waals surface area (Å²) in [5.74, 6) is 1.25. The first-order valence-corrected chi connectivity index (χ1v) is 5.23. The molecule has 1 aliphatic rings. The first-order chi connectivity index (χ1) is 7.26. The third kappa shape index (κ3) is 1.85. The zero-order chi connectivity index (χ0) is 10.8. The van der Waals surface area contributed by atoms with Crippen molar-refractivity contribution in [2.45, 2.75) is 26.1 Å². The van der Waals surface area contributed by atoms with Crippen molar-refractivity contribution in [1.82, 2.24) is 0 Å². The van der Waals surface area contributed by atoms with Crippen LogP contribution in [0, 0.1) is 0 Å². The molecule has 0 fully saturated rings. The largest absolute Gasteiger partial charge is 0.496 e. The van der Waals surface area contributed by atoms with Crippen molar-refractivity contribution in [3.8, 4) is 5.75 Å². The summed E-state index contributed by atoms with van der Waals surface area (Å²) in [4.78, 5) is 0. The molecule has 1 atom stereocenters. The van der Waals surface area contributed by atoms with Gasteiger partial charge in [-0.25, -0.2) is 0 Å². The lowest BCUT2D eigenvalue weighted by atomic mass is 9.96. The van der Waals surface area contributed by atoms with E-state index in [0.717, 1.165) is 5.75 Å². The predicted octanol–water partition coefficient (Wildman–Crippen LogP) is 1.79. The number of ether oxygens (including phenoxy) is 2. The van der Waals surface area contributed by atoms with Gasteiger partial charge in [0.25, 0.3) is 0 Å². The van der Waals surface area contributed by atoms with E-state index in [2.05, 4.69) is 19.1 Å². The summed E-state index contributed by atoms with van der Waals surface area (Å²) in [6, 6.07) is 4.24. The lowest BCUT2D eigenvalue weighted by Crippen LogP contribution is -2.10. The number of fused-ring (bicyclic) bond motifs is 1. The average molecular weight is 207 g/mol. The zero-order valence-corrected chi connectivity index (χ0v) is 9.25. The summed E-state index contributed by atoms with van der Waals surface area (Å²) in [6.45, 7) is 4.16. The van der Waals surface area contributed by atoms with E-state index < -0.39 is 0 Å². The molecule has 1 heterocycles. The number of methoxy groups -OCH3 is 1. The van der Waals surface area contributed by atoms with E-state index in [-0.39, 0.29) is 0 Å². The summed E-state index contributed by atoms with van der Waals surface area (Å²) in [6.07, 6.45) is 0. The molecular weight excluding hydrogens is 190 g/mol. The number of rotatable bonds is 3. The highest BCUT2D eigenvalue weighted by Gasteiger charge is 2.18. The minimum Gasteiger partial charge on any atom is -0.496 e. The summed E-state index contributed by atoms with van der Waals surface area (Å²) in [7, 11) is 1.70. The van der Waals surface area contributed by atoms with Gasteiger partial charge in [0, 0.05) is 0 Å². The highest BCUT2D eigenvalue weighted by Crippen LogP contribution is 2.32. The van der Waals surface area contributed by atoms with Crippen molar-refractivity contribution in [2.24, 2.45) is 5.73 Å². The maximum absolute atomic E-state index is 5.69. The lowest BCUT2D eigenvalue weighted by Gasteiger charge is -2.15. The molecular formula is C12H17NO2. The van der Waals surface area contributed by atoms with Crippen LogP contribution in [-0.2, 0) is 18.0 Å². The van der Waals surface area contributed by atoms with Gasteiger partial charge >= 0.3 is 0 Å². The fourth-order valence-corrected chi connectivity index (χ4v) is 1.91. The molecule has 1 aromatic rings. The molecule has 2 rings (SSSR count). The molecule has 1 unspecified atom stereocenters. The molecule has 0 bridgehead atoms. The van der Waals surface area contributed by atoms with E-state index in [0.29, 0.717) is 25.7 Å². The SMILES string of the molecule is COc1cc2c(cc1C(C)CN)COC2. The van der Waals surface area contributed by atoms with Crippen LogP contribution in [0.2, 0.25) is 0 Å². The van der Waals surface area contributed by atoms with E-state index in [1.54, 1.807) is 7.11 Å². The van der Waals surface area contributed by atoms with Crippen LogP contribution < -0.4 is 10.5 Å². The molecule has 0 aromatic heterocycles. The second kappa shape index (κ2) is 4.21. The van der Waals surface area contributed by atoms with E-state index in [1.807, 2.05) is 0 Å². The van der Waals surface area contributed by atoms with Crippen LogP contribution in [0.1, 0.15) is 29.5 Å². The van der Waals surface area contributed by atoms with Crippen molar-refractivity contribution in [2.75, 3.05) is 13.7 Å². The normalized spacial score (nSPS) is 16.2. The Morgan fingerprint density at radius 1 is 1.40 bits per heavy atom. The van der Waals surface area contributed by atoms with E-state index in [4.69, 9.17) is 15.2 Å². The van der Waals surface area contributed by atoms with E-state index in [1.165, 1.54) is 16.7 Å². The second-order valence-electron chi connectivity index (χ2n) is 3.99. The predicted molar refractivity (Wildman–Crippen MR) is 59.0 cm³/mol. The summed E-state index contributed by atoms with van der Waals surface area (Å²) >= 11 is 0. The second-order valence-corrected chi connectivity index (χ2v) is 3.99. The van der Waals surface area contributed by atoms with Gasteiger partial charge in [0.15, 0.2) is 0 Å². The fraction of sp³-hybridized carbons (Fsp3) is 0.500. The Bertz CT molecular complexity index is 363. The third-order valence-corrected chi connectivity index (χ3v) is 2.95. The molecule has 3 nitrogen and oxygen atoms in total. The average Bonchev–Trinajstić information content (AvgIpc) is 2.73. The summed E-state index contributed by atoms with van der Waals surface area (Å²) in [5.41, 5.74) is 9.38. The number of hydrogen-bond donors (Lipinski definition) is 1. The first-order valence-electron chi connectivity index (χ1n) is 5.23. The topological polar surface area (TPSA) is 44.5 Å². The van der Waals surface area contributed by atoms with Crippen molar-refractivity contribution >= 4 is 0 Å². The molecule has 0 radical (unpaired) electrons. The monoisotopic (exact) mass is 207 g/mol. The molecule has 0 saturated carbocycles. The first kappa shape index (κ1) is 10.5.